The van der Waals surface area contributed by atoms with Gasteiger partial charge in [0.1, 0.15) is 0 Å². The molecule has 0 aromatic carbocycles. The zero-order chi connectivity index (χ0) is 13.4. The lowest BCUT2D eigenvalue weighted by Crippen LogP contribution is -2.03. The van der Waals surface area contributed by atoms with Crippen LogP contribution in [0.5, 0.6) is 0 Å². The first-order valence-corrected chi connectivity index (χ1v) is 7.86. The van der Waals surface area contributed by atoms with E-state index in [4.69, 9.17) is 5.11 Å². The molecule has 2 unspecified atom stereocenters. The highest BCUT2D eigenvalue weighted by Crippen LogP contribution is 2.47. The number of hydrogen-bond donors (Lipinski definition) is 1. The summed E-state index contributed by atoms with van der Waals surface area (Å²) in [5, 5.41) is 19.9. The van der Waals surface area contributed by atoms with Crippen molar-refractivity contribution < 1.29 is 9.90 Å². The highest BCUT2D eigenvalue weighted by atomic mass is 32.2. The van der Waals surface area contributed by atoms with Crippen LogP contribution in [-0.2, 0) is 4.79 Å². The molecule has 1 aliphatic rings. The molecule has 2 aromatic heterocycles. The number of thiophene rings is 1. The van der Waals surface area contributed by atoms with Gasteiger partial charge < -0.3 is 5.11 Å². The molecule has 3 rings (SSSR count). The maximum absolute atomic E-state index is 10.7. The number of carbonyl (C=O) groups is 1. The lowest BCUT2D eigenvalue weighted by Gasteiger charge is -2.07. The van der Waals surface area contributed by atoms with E-state index in [-0.39, 0.29) is 5.75 Å². The van der Waals surface area contributed by atoms with Crippen LogP contribution < -0.4 is 0 Å². The van der Waals surface area contributed by atoms with E-state index in [0.29, 0.717) is 17.1 Å². The van der Waals surface area contributed by atoms with Crippen molar-refractivity contribution in [2.45, 2.75) is 24.5 Å². The second-order valence-electron chi connectivity index (χ2n) is 4.62. The number of thioether (sulfide) groups is 1. The maximum atomic E-state index is 10.7. The summed E-state index contributed by atoms with van der Waals surface area (Å²) in [7, 11) is 0. The molecule has 0 amide bonds. The standard InChI is InChI=1S/C12H13N3O2S2/c1-7-5-8(7)15-11(9-3-2-4-18-9)13-14-12(15)19-6-10(16)17/h2-4,7-8H,5-6H2,1H3,(H,16,17). The van der Waals surface area contributed by atoms with Crippen LogP contribution in [-0.4, -0.2) is 31.6 Å². The average molecular weight is 295 g/mol. The molecule has 7 heteroatoms. The second-order valence-corrected chi connectivity index (χ2v) is 6.51. The molecular formula is C12H13N3O2S2. The van der Waals surface area contributed by atoms with E-state index in [9.17, 15) is 4.79 Å². The van der Waals surface area contributed by atoms with Crippen LogP contribution in [0.15, 0.2) is 22.7 Å². The first-order valence-electron chi connectivity index (χ1n) is 6.00. The Labute approximate surface area is 118 Å². The van der Waals surface area contributed by atoms with Crippen molar-refractivity contribution >= 4 is 29.1 Å². The molecule has 1 aliphatic carbocycles. The van der Waals surface area contributed by atoms with Crippen molar-refractivity contribution in [3.63, 3.8) is 0 Å². The number of carboxylic acid groups (broad SMARTS) is 1. The molecular weight excluding hydrogens is 282 g/mol. The number of hydrogen-bond acceptors (Lipinski definition) is 5. The fourth-order valence-corrected chi connectivity index (χ4v) is 3.45. The zero-order valence-electron chi connectivity index (χ0n) is 10.3. The third-order valence-electron chi connectivity index (χ3n) is 3.13. The minimum Gasteiger partial charge on any atom is -0.481 e. The number of carboxylic acids is 1. The van der Waals surface area contributed by atoms with Crippen LogP contribution in [0.1, 0.15) is 19.4 Å². The van der Waals surface area contributed by atoms with Crippen LogP contribution in [0.3, 0.4) is 0 Å². The van der Waals surface area contributed by atoms with E-state index in [1.807, 2.05) is 17.5 Å². The van der Waals surface area contributed by atoms with Gasteiger partial charge >= 0.3 is 5.97 Å². The van der Waals surface area contributed by atoms with Crippen LogP contribution in [0.2, 0.25) is 0 Å². The van der Waals surface area contributed by atoms with Gasteiger partial charge in [-0.3, -0.25) is 9.36 Å². The maximum Gasteiger partial charge on any atom is 0.313 e. The van der Waals surface area contributed by atoms with Gasteiger partial charge in [-0.2, -0.15) is 0 Å². The average Bonchev–Trinajstić information content (AvgIpc) is 2.87. The van der Waals surface area contributed by atoms with E-state index in [0.717, 1.165) is 17.1 Å². The first-order chi connectivity index (χ1) is 9.16. The Balaban J connectivity index is 1.94. The van der Waals surface area contributed by atoms with Crippen molar-refractivity contribution in [1.82, 2.24) is 14.8 Å². The molecule has 2 aromatic rings. The normalized spacial score (nSPS) is 21.5. The van der Waals surface area contributed by atoms with Gasteiger partial charge in [0.25, 0.3) is 0 Å². The summed E-state index contributed by atoms with van der Waals surface area (Å²) in [5.74, 6) is 0.654. The molecule has 1 fully saturated rings. The lowest BCUT2D eigenvalue weighted by molar-refractivity contribution is -0.133. The fourth-order valence-electron chi connectivity index (χ4n) is 2.04. The van der Waals surface area contributed by atoms with Gasteiger partial charge in [-0.15, -0.1) is 21.5 Å². The minimum absolute atomic E-state index is 0.0175. The molecule has 100 valence electrons. The Bertz CT molecular complexity index is 594. The third-order valence-corrected chi connectivity index (χ3v) is 4.92. The number of aromatic nitrogens is 3. The summed E-state index contributed by atoms with van der Waals surface area (Å²) in [6.07, 6.45) is 1.11. The predicted octanol–water partition coefficient (Wildman–Crippen LogP) is 2.76. The molecule has 19 heavy (non-hydrogen) atoms. The summed E-state index contributed by atoms with van der Waals surface area (Å²) < 4.78 is 2.10. The van der Waals surface area contributed by atoms with Crippen LogP contribution in [0, 0.1) is 5.92 Å². The van der Waals surface area contributed by atoms with E-state index < -0.39 is 5.97 Å². The Hall–Kier alpha value is -1.34. The fraction of sp³-hybridized carbons (Fsp3) is 0.417. The van der Waals surface area contributed by atoms with Crippen molar-refractivity contribution in [2.75, 3.05) is 5.75 Å². The topological polar surface area (TPSA) is 68.0 Å². The first kappa shape index (κ1) is 12.7. The summed E-state index contributed by atoms with van der Waals surface area (Å²) in [4.78, 5) is 11.8. The minimum atomic E-state index is -0.832. The third kappa shape index (κ3) is 2.52. The smallest absolute Gasteiger partial charge is 0.313 e. The Morgan fingerprint density at radius 1 is 1.63 bits per heavy atom. The molecule has 0 bridgehead atoms. The molecule has 1 N–H and O–H groups in total. The van der Waals surface area contributed by atoms with Crippen molar-refractivity contribution in [2.24, 2.45) is 5.92 Å². The van der Waals surface area contributed by atoms with Gasteiger partial charge in [0.15, 0.2) is 11.0 Å². The van der Waals surface area contributed by atoms with Crippen molar-refractivity contribution in [1.29, 1.82) is 0 Å². The van der Waals surface area contributed by atoms with Crippen molar-refractivity contribution in [3.05, 3.63) is 17.5 Å². The highest BCUT2D eigenvalue weighted by molar-refractivity contribution is 7.99. The quantitative estimate of drug-likeness (QED) is 0.859. The molecule has 5 nitrogen and oxygen atoms in total. The van der Waals surface area contributed by atoms with Gasteiger partial charge in [-0.25, -0.2) is 0 Å². The molecule has 0 spiro atoms. The largest absolute Gasteiger partial charge is 0.481 e. The van der Waals surface area contributed by atoms with Gasteiger partial charge in [0, 0.05) is 6.04 Å². The summed E-state index contributed by atoms with van der Waals surface area (Å²) in [6, 6.07) is 4.41. The second kappa shape index (κ2) is 4.97. The molecule has 0 radical (unpaired) electrons. The van der Waals surface area contributed by atoms with E-state index in [2.05, 4.69) is 21.7 Å². The highest BCUT2D eigenvalue weighted by Gasteiger charge is 2.38. The Morgan fingerprint density at radius 3 is 3.00 bits per heavy atom. The summed E-state index contributed by atoms with van der Waals surface area (Å²) in [5.41, 5.74) is 0. The Morgan fingerprint density at radius 2 is 2.42 bits per heavy atom. The SMILES string of the molecule is CC1CC1n1c(SCC(=O)O)nnc1-c1cccs1. The van der Waals surface area contributed by atoms with Crippen LogP contribution >= 0.6 is 23.1 Å². The van der Waals surface area contributed by atoms with Gasteiger partial charge in [0.2, 0.25) is 0 Å². The van der Waals surface area contributed by atoms with E-state index in [1.165, 1.54) is 11.8 Å². The summed E-state index contributed by atoms with van der Waals surface area (Å²) >= 11 is 2.86. The molecule has 0 aliphatic heterocycles. The van der Waals surface area contributed by atoms with Gasteiger partial charge in [-0.05, 0) is 23.8 Å². The molecule has 0 saturated heterocycles. The van der Waals surface area contributed by atoms with Crippen LogP contribution in [0.25, 0.3) is 10.7 Å². The van der Waals surface area contributed by atoms with E-state index in [1.54, 1.807) is 11.3 Å². The molecule has 2 atom stereocenters. The summed E-state index contributed by atoms with van der Waals surface area (Å²) in [6.45, 7) is 2.19. The zero-order valence-corrected chi connectivity index (χ0v) is 11.9. The lowest BCUT2D eigenvalue weighted by atomic mass is 10.4. The molecule has 2 heterocycles. The predicted molar refractivity (Wildman–Crippen MR) is 74.5 cm³/mol. The number of aliphatic carboxylic acids is 1. The number of rotatable bonds is 5. The van der Waals surface area contributed by atoms with E-state index >= 15 is 0 Å². The van der Waals surface area contributed by atoms with Gasteiger partial charge in [-0.1, -0.05) is 24.8 Å². The van der Waals surface area contributed by atoms with Crippen molar-refractivity contribution in [3.8, 4) is 10.7 Å². The monoisotopic (exact) mass is 295 g/mol. The molecule has 1 saturated carbocycles. The van der Waals surface area contributed by atoms with Gasteiger partial charge in [0.05, 0.1) is 10.6 Å². The Kier molecular flexibility index (Phi) is 3.32. The number of nitrogens with zero attached hydrogens (tertiary/aromatic N) is 3. The van der Waals surface area contributed by atoms with Crippen LogP contribution in [0.4, 0.5) is 0 Å².